The van der Waals surface area contributed by atoms with Crippen molar-refractivity contribution in [1.82, 2.24) is 0 Å². The number of hydrogen-bond acceptors (Lipinski definition) is 1. The molecule has 1 nitrogen and oxygen atoms in total. The molecule has 0 amide bonds. The third kappa shape index (κ3) is 6.00. The standard InChI is InChI=1S/C35H37F3O/c1-3-21-39-33-20-19-31(34(37)35(33)38)28-15-11-26(12-16-28)29-17-18-30(32(36)22-29)27-13-9-25(10-14-27)24-7-5-23(4-2)6-8-24/h4,11-13,15-20,22-25H,2-3,5-10,14,21H2,1H3. The van der Waals surface area contributed by atoms with Crippen molar-refractivity contribution < 1.29 is 17.9 Å². The molecule has 0 bridgehead atoms. The minimum Gasteiger partial charge on any atom is -0.490 e. The van der Waals surface area contributed by atoms with E-state index in [9.17, 15) is 8.78 Å². The fourth-order valence-electron chi connectivity index (χ4n) is 6.25. The Bertz CT molecular complexity index is 1330. The van der Waals surface area contributed by atoms with Crippen LogP contribution in [0.4, 0.5) is 13.2 Å². The van der Waals surface area contributed by atoms with Crippen LogP contribution >= 0.6 is 0 Å². The number of halogens is 3. The first-order chi connectivity index (χ1) is 19.0. The molecule has 0 aliphatic heterocycles. The Hall–Kier alpha value is -3.27. The SMILES string of the molecule is C=CC1CCC(C2CC=C(c3ccc(-c4ccc(-c5ccc(OCCC)c(F)c5F)cc4)cc3F)CC2)CC1. The summed E-state index contributed by atoms with van der Waals surface area (Å²) >= 11 is 0. The largest absolute Gasteiger partial charge is 0.490 e. The highest BCUT2D eigenvalue weighted by Crippen LogP contribution is 2.42. The summed E-state index contributed by atoms with van der Waals surface area (Å²) in [5.41, 5.74) is 4.09. The molecule has 3 aromatic carbocycles. The van der Waals surface area contributed by atoms with Gasteiger partial charge in [-0.15, -0.1) is 6.58 Å². The van der Waals surface area contributed by atoms with E-state index >= 15 is 4.39 Å². The molecule has 2 aliphatic carbocycles. The van der Waals surface area contributed by atoms with Crippen LogP contribution in [0.5, 0.6) is 5.75 Å². The average molecular weight is 531 g/mol. The Labute approximate surface area is 230 Å². The Balaban J connectivity index is 1.27. The van der Waals surface area contributed by atoms with Gasteiger partial charge in [-0.2, -0.15) is 4.39 Å². The molecule has 1 fully saturated rings. The highest BCUT2D eigenvalue weighted by molar-refractivity contribution is 5.74. The van der Waals surface area contributed by atoms with Gasteiger partial charge in [-0.05, 0) is 110 Å². The third-order valence-electron chi connectivity index (χ3n) is 8.62. The predicted octanol–water partition coefficient (Wildman–Crippen LogP) is 10.4. The van der Waals surface area contributed by atoms with Gasteiger partial charge in [0.1, 0.15) is 5.82 Å². The van der Waals surface area contributed by atoms with Crippen molar-refractivity contribution in [2.24, 2.45) is 17.8 Å². The van der Waals surface area contributed by atoms with Crippen LogP contribution in [0.1, 0.15) is 63.9 Å². The van der Waals surface area contributed by atoms with Gasteiger partial charge in [0.05, 0.1) is 6.61 Å². The quantitative estimate of drug-likeness (QED) is 0.263. The van der Waals surface area contributed by atoms with Gasteiger partial charge in [0, 0.05) is 11.1 Å². The minimum atomic E-state index is -0.980. The van der Waals surface area contributed by atoms with Gasteiger partial charge < -0.3 is 4.74 Å². The molecule has 0 N–H and O–H groups in total. The number of hydrogen-bond donors (Lipinski definition) is 0. The lowest BCUT2D eigenvalue weighted by Gasteiger charge is -2.34. The summed E-state index contributed by atoms with van der Waals surface area (Å²) in [6.07, 6.45) is 13.2. The average Bonchev–Trinajstić information content (AvgIpc) is 2.98. The van der Waals surface area contributed by atoms with Crippen molar-refractivity contribution in [2.75, 3.05) is 6.61 Å². The molecular formula is C35H37F3O. The van der Waals surface area contributed by atoms with Crippen molar-refractivity contribution >= 4 is 5.57 Å². The molecule has 3 aromatic rings. The zero-order valence-corrected chi connectivity index (χ0v) is 22.7. The zero-order chi connectivity index (χ0) is 27.4. The van der Waals surface area contributed by atoms with E-state index in [1.807, 2.05) is 31.2 Å². The summed E-state index contributed by atoms with van der Waals surface area (Å²) < 4.78 is 49.7. The lowest BCUT2D eigenvalue weighted by atomic mass is 9.71. The minimum absolute atomic E-state index is 0.0791. The van der Waals surface area contributed by atoms with E-state index in [4.69, 9.17) is 4.74 Å². The molecule has 4 heteroatoms. The summed E-state index contributed by atoms with van der Waals surface area (Å²) in [6, 6.07) is 15.5. The second kappa shape index (κ2) is 12.3. The number of benzene rings is 3. The molecule has 5 rings (SSSR count). The van der Waals surface area contributed by atoms with Gasteiger partial charge in [0.2, 0.25) is 5.82 Å². The lowest BCUT2D eigenvalue weighted by Crippen LogP contribution is -2.22. The molecule has 39 heavy (non-hydrogen) atoms. The Morgan fingerprint density at radius 2 is 1.49 bits per heavy atom. The zero-order valence-electron chi connectivity index (χ0n) is 22.7. The summed E-state index contributed by atoms with van der Waals surface area (Å²) in [7, 11) is 0. The first kappa shape index (κ1) is 27.3. The summed E-state index contributed by atoms with van der Waals surface area (Å²) in [5.74, 6) is -0.0375. The van der Waals surface area contributed by atoms with Crippen LogP contribution in [-0.2, 0) is 0 Å². The molecule has 0 aromatic heterocycles. The fraction of sp³-hybridized carbons (Fsp3) is 0.371. The topological polar surface area (TPSA) is 9.23 Å². The molecule has 0 spiro atoms. The smallest absolute Gasteiger partial charge is 0.201 e. The molecule has 0 radical (unpaired) electrons. The van der Waals surface area contributed by atoms with E-state index < -0.39 is 11.6 Å². The highest BCUT2D eigenvalue weighted by Gasteiger charge is 2.28. The van der Waals surface area contributed by atoms with Crippen LogP contribution in [0.25, 0.3) is 27.8 Å². The van der Waals surface area contributed by atoms with Gasteiger partial charge in [0.25, 0.3) is 0 Å². The van der Waals surface area contributed by atoms with Crippen molar-refractivity contribution in [3.63, 3.8) is 0 Å². The van der Waals surface area contributed by atoms with Crippen LogP contribution in [0.3, 0.4) is 0 Å². The lowest BCUT2D eigenvalue weighted by molar-refractivity contribution is 0.212. The van der Waals surface area contributed by atoms with E-state index in [0.717, 1.165) is 41.9 Å². The van der Waals surface area contributed by atoms with Gasteiger partial charge in [-0.25, -0.2) is 8.78 Å². The molecule has 1 atom stereocenters. The third-order valence-corrected chi connectivity index (χ3v) is 8.62. The van der Waals surface area contributed by atoms with E-state index in [1.54, 1.807) is 18.2 Å². The predicted molar refractivity (Wildman–Crippen MR) is 154 cm³/mol. The molecule has 0 heterocycles. The number of ether oxygens (including phenoxy) is 1. The van der Waals surface area contributed by atoms with Crippen molar-refractivity contribution in [1.29, 1.82) is 0 Å². The maximum atomic E-state index is 15.3. The molecule has 1 unspecified atom stereocenters. The van der Waals surface area contributed by atoms with Crippen LogP contribution in [-0.4, -0.2) is 6.61 Å². The molecule has 1 saturated carbocycles. The Morgan fingerprint density at radius 3 is 2.13 bits per heavy atom. The monoisotopic (exact) mass is 530 g/mol. The molecular weight excluding hydrogens is 493 g/mol. The van der Waals surface area contributed by atoms with Gasteiger partial charge in [0.15, 0.2) is 11.6 Å². The van der Waals surface area contributed by atoms with Crippen molar-refractivity contribution in [3.05, 3.63) is 96.3 Å². The van der Waals surface area contributed by atoms with Gasteiger partial charge >= 0.3 is 0 Å². The first-order valence-corrected chi connectivity index (χ1v) is 14.3. The summed E-state index contributed by atoms with van der Waals surface area (Å²) in [4.78, 5) is 0. The molecule has 204 valence electrons. The maximum absolute atomic E-state index is 15.3. The summed E-state index contributed by atoms with van der Waals surface area (Å²) in [6.45, 7) is 6.19. The van der Waals surface area contributed by atoms with Crippen LogP contribution in [0, 0.1) is 35.2 Å². The summed E-state index contributed by atoms with van der Waals surface area (Å²) in [5, 5.41) is 0. The van der Waals surface area contributed by atoms with Crippen LogP contribution in [0.15, 0.2) is 73.3 Å². The number of rotatable bonds is 8. The van der Waals surface area contributed by atoms with Crippen molar-refractivity contribution in [2.45, 2.75) is 58.3 Å². The van der Waals surface area contributed by atoms with Crippen LogP contribution < -0.4 is 4.74 Å². The van der Waals surface area contributed by atoms with E-state index in [0.29, 0.717) is 36.0 Å². The van der Waals surface area contributed by atoms with E-state index in [-0.39, 0.29) is 17.1 Å². The maximum Gasteiger partial charge on any atom is 0.201 e. The second-order valence-corrected chi connectivity index (χ2v) is 11.0. The van der Waals surface area contributed by atoms with Gasteiger partial charge in [-0.1, -0.05) is 55.5 Å². The van der Waals surface area contributed by atoms with Crippen molar-refractivity contribution in [3.8, 4) is 28.0 Å². The number of allylic oxidation sites excluding steroid dienone is 3. The second-order valence-electron chi connectivity index (χ2n) is 11.0. The molecule has 0 saturated heterocycles. The Morgan fingerprint density at radius 1 is 0.795 bits per heavy atom. The first-order valence-electron chi connectivity index (χ1n) is 14.3. The van der Waals surface area contributed by atoms with E-state index in [1.165, 1.54) is 37.8 Å². The van der Waals surface area contributed by atoms with E-state index in [2.05, 4.69) is 18.7 Å². The normalized spacial score (nSPS) is 21.3. The highest BCUT2D eigenvalue weighted by atomic mass is 19.2. The van der Waals surface area contributed by atoms with Crippen LogP contribution in [0.2, 0.25) is 0 Å². The Kier molecular flexibility index (Phi) is 8.60. The van der Waals surface area contributed by atoms with Gasteiger partial charge in [-0.3, -0.25) is 0 Å². The molecule has 2 aliphatic rings. The fourth-order valence-corrected chi connectivity index (χ4v) is 6.25.